The lowest BCUT2D eigenvalue weighted by atomic mass is 9.87. The van der Waals surface area contributed by atoms with E-state index in [0.717, 1.165) is 0 Å². The molecule has 2 rings (SSSR count). The first-order valence-electron chi connectivity index (χ1n) is 7.85. The van der Waals surface area contributed by atoms with E-state index in [1.54, 1.807) is 12.1 Å². The first-order valence-corrected chi connectivity index (χ1v) is 7.85. The van der Waals surface area contributed by atoms with Gasteiger partial charge in [0.05, 0.1) is 6.10 Å². The normalized spacial score (nSPS) is 12.5. The Morgan fingerprint density at radius 1 is 1.12 bits per heavy atom. The highest BCUT2D eigenvalue weighted by molar-refractivity contribution is 5.89. The summed E-state index contributed by atoms with van der Waals surface area (Å²) >= 11 is 0. The second kappa shape index (κ2) is 7.45. The van der Waals surface area contributed by atoms with Gasteiger partial charge in [-0.3, -0.25) is 0 Å². The predicted octanol–water partition coefficient (Wildman–Crippen LogP) is 3.98. The average Bonchev–Trinajstić information content (AvgIpc) is 2.53. The molecule has 0 heterocycles. The maximum Gasteiger partial charge on any atom is 0.319 e. The minimum absolute atomic E-state index is 0.0463. The van der Waals surface area contributed by atoms with E-state index >= 15 is 0 Å². The molecule has 128 valence electrons. The largest absolute Gasteiger partial charge is 0.386 e. The maximum absolute atomic E-state index is 13.6. The summed E-state index contributed by atoms with van der Waals surface area (Å²) in [5, 5.41) is 15.2. The number of amides is 2. The van der Waals surface area contributed by atoms with Crippen LogP contribution in [0.3, 0.4) is 0 Å². The zero-order valence-electron chi connectivity index (χ0n) is 14.1. The van der Waals surface area contributed by atoms with Crippen molar-refractivity contribution in [1.82, 2.24) is 5.32 Å². The quantitative estimate of drug-likeness (QED) is 0.794. The number of urea groups is 1. The van der Waals surface area contributed by atoms with Crippen LogP contribution in [0.1, 0.15) is 38.0 Å². The van der Waals surface area contributed by atoms with Crippen LogP contribution in [0.5, 0.6) is 0 Å². The van der Waals surface area contributed by atoms with E-state index in [1.807, 2.05) is 24.3 Å². The predicted molar refractivity (Wildman–Crippen MR) is 93.5 cm³/mol. The number of halogens is 1. The molecule has 0 bridgehead atoms. The molecule has 24 heavy (non-hydrogen) atoms. The van der Waals surface area contributed by atoms with Gasteiger partial charge in [0, 0.05) is 17.8 Å². The topological polar surface area (TPSA) is 61.4 Å². The van der Waals surface area contributed by atoms with Crippen LogP contribution in [-0.2, 0) is 5.41 Å². The van der Waals surface area contributed by atoms with Crippen molar-refractivity contribution in [3.63, 3.8) is 0 Å². The monoisotopic (exact) mass is 330 g/mol. The highest BCUT2D eigenvalue weighted by atomic mass is 19.1. The van der Waals surface area contributed by atoms with Crippen molar-refractivity contribution in [1.29, 1.82) is 0 Å². The lowest BCUT2D eigenvalue weighted by Gasteiger charge is -2.19. The minimum Gasteiger partial charge on any atom is -0.386 e. The fraction of sp³-hybridized carbons (Fsp3) is 0.316. The Morgan fingerprint density at radius 3 is 2.33 bits per heavy atom. The van der Waals surface area contributed by atoms with E-state index in [2.05, 4.69) is 31.4 Å². The third-order valence-electron chi connectivity index (χ3n) is 3.73. The number of carbonyl (C=O) groups is 1. The van der Waals surface area contributed by atoms with E-state index in [4.69, 9.17) is 0 Å². The number of hydrogen-bond donors (Lipinski definition) is 3. The van der Waals surface area contributed by atoms with E-state index in [0.29, 0.717) is 5.69 Å². The number of nitrogens with one attached hydrogen (secondary N) is 2. The summed E-state index contributed by atoms with van der Waals surface area (Å²) in [5.74, 6) is -0.495. The van der Waals surface area contributed by atoms with Crippen molar-refractivity contribution in [2.45, 2.75) is 32.3 Å². The Labute approximate surface area is 141 Å². The van der Waals surface area contributed by atoms with Gasteiger partial charge in [0.2, 0.25) is 0 Å². The SMILES string of the molecule is CC(C)(C)c1ccc(NC(=O)NCC(O)c2ccccc2F)cc1. The molecule has 0 aliphatic rings. The van der Waals surface area contributed by atoms with Gasteiger partial charge < -0.3 is 15.7 Å². The van der Waals surface area contributed by atoms with Crippen molar-refractivity contribution in [3.8, 4) is 0 Å². The third-order valence-corrected chi connectivity index (χ3v) is 3.73. The van der Waals surface area contributed by atoms with Crippen LogP contribution >= 0.6 is 0 Å². The molecule has 3 N–H and O–H groups in total. The molecule has 4 nitrogen and oxygen atoms in total. The summed E-state index contributed by atoms with van der Waals surface area (Å²) in [4.78, 5) is 11.9. The van der Waals surface area contributed by atoms with Crippen LogP contribution in [0.15, 0.2) is 48.5 Å². The molecule has 2 amide bonds. The van der Waals surface area contributed by atoms with Crippen molar-refractivity contribution >= 4 is 11.7 Å². The van der Waals surface area contributed by atoms with E-state index in [-0.39, 0.29) is 17.5 Å². The van der Waals surface area contributed by atoms with E-state index < -0.39 is 18.0 Å². The first kappa shape index (κ1) is 17.9. The maximum atomic E-state index is 13.6. The molecule has 0 radical (unpaired) electrons. The van der Waals surface area contributed by atoms with Gasteiger partial charge in [-0.2, -0.15) is 0 Å². The molecule has 1 atom stereocenters. The molecule has 0 aliphatic carbocycles. The van der Waals surface area contributed by atoms with Gasteiger partial charge in [0.1, 0.15) is 5.82 Å². The molecule has 2 aromatic rings. The number of hydrogen-bond acceptors (Lipinski definition) is 2. The molecular weight excluding hydrogens is 307 g/mol. The van der Waals surface area contributed by atoms with Gasteiger partial charge in [0.25, 0.3) is 0 Å². The number of carbonyl (C=O) groups excluding carboxylic acids is 1. The fourth-order valence-corrected chi connectivity index (χ4v) is 2.27. The number of aliphatic hydroxyl groups is 1. The Bertz CT molecular complexity index is 693. The highest BCUT2D eigenvalue weighted by Crippen LogP contribution is 2.23. The Hall–Kier alpha value is -2.40. The molecule has 0 saturated carbocycles. The van der Waals surface area contributed by atoms with Gasteiger partial charge in [-0.1, -0.05) is 51.1 Å². The molecule has 0 fully saturated rings. The lowest BCUT2D eigenvalue weighted by Crippen LogP contribution is -2.32. The highest BCUT2D eigenvalue weighted by Gasteiger charge is 2.15. The van der Waals surface area contributed by atoms with E-state index in [9.17, 15) is 14.3 Å². The Balaban J connectivity index is 1.88. The van der Waals surface area contributed by atoms with Crippen LogP contribution < -0.4 is 10.6 Å². The molecule has 0 saturated heterocycles. The van der Waals surface area contributed by atoms with Crippen LogP contribution in [0, 0.1) is 5.82 Å². The number of aliphatic hydroxyl groups excluding tert-OH is 1. The fourth-order valence-electron chi connectivity index (χ4n) is 2.27. The van der Waals surface area contributed by atoms with Crippen LogP contribution in [0.25, 0.3) is 0 Å². The Kier molecular flexibility index (Phi) is 5.57. The summed E-state index contributed by atoms with van der Waals surface area (Å²) in [7, 11) is 0. The van der Waals surface area contributed by atoms with Crippen molar-refractivity contribution in [2.75, 3.05) is 11.9 Å². The second-order valence-electron chi connectivity index (χ2n) is 6.70. The van der Waals surface area contributed by atoms with Crippen molar-refractivity contribution in [2.24, 2.45) is 0 Å². The lowest BCUT2D eigenvalue weighted by molar-refractivity contribution is 0.170. The van der Waals surface area contributed by atoms with Gasteiger partial charge in [-0.25, -0.2) is 9.18 Å². The smallest absolute Gasteiger partial charge is 0.319 e. The Morgan fingerprint density at radius 2 is 1.75 bits per heavy atom. The van der Waals surface area contributed by atoms with Crippen LogP contribution in [0.4, 0.5) is 14.9 Å². The molecule has 0 aromatic heterocycles. The third kappa shape index (κ3) is 4.80. The molecule has 5 heteroatoms. The van der Waals surface area contributed by atoms with Gasteiger partial charge in [0.15, 0.2) is 0 Å². The second-order valence-corrected chi connectivity index (χ2v) is 6.70. The van der Waals surface area contributed by atoms with Gasteiger partial charge in [-0.15, -0.1) is 0 Å². The zero-order valence-corrected chi connectivity index (χ0v) is 14.1. The summed E-state index contributed by atoms with van der Waals surface area (Å²) in [5.41, 5.74) is 2.03. The summed E-state index contributed by atoms with van der Waals surface area (Å²) < 4.78 is 13.6. The standard InChI is InChI=1S/C19H23FN2O2/c1-19(2,3)13-8-10-14(11-9-13)22-18(24)21-12-17(23)15-6-4-5-7-16(15)20/h4-11,17,23H,12H2,1-3H3,(H2,21,22,24). The summed E-state index contributed by atoms with van der Waals surface area (Å²) in [6.07, 6.45) is -1.10. The van der Waals surface area contributed by atoms with Gasteiger partial charge >= 0.3 is 6.03 Å². The molecule has 0 aliphatic heterocycles. The molecule has 0 spiro atoms. The molecule has 1 unspecified atom stereocenters. The van der Waals surface area contributed by atoms with Crippen LogP contribution in [-0.4, -0.2) is 17.7 Å². The molecule has 2 aromatic carbocycles. The number of anilines is 1. The minimum atomic E-state index is -1.10. The summed E-state index contributed by atoms with van der Waals surface area (Å²) in [6, 6.07) is 13.1. The summed E-state index contributed by atoms with van der Waals surface area (Å²) in [6.45, 7) is 6.28. The van der Waals surface area contributed by atoms with Crippen molar-refractivity contribution in [3.05, 3.63) is 65.5 Å². The van der Waals surface area contributed by atoms with Crippen molar-refractivity contribution < 1.29 is 14.3 Å². The van der Waals surface area contributed by atoms with E-state index in [1.165, 1.54) is 17.7 Å². The first-order chi connectivity index (χ1) is 11.3. The zero-order chi connectivity index (χ0) is 17.7. The molecular formula is C19H23FN2O2. The van der Waals surface area contributed by atoms with Gasteiger partial charge in [-0.05, 0) is 29.2 Å². The number of benzene rings is 2. The average molecular weight is 330 g/mol. The van der Waals surface area contributed by atoms with Crippen LogP contribution in [0.2, 0.25) is 0 Å². The number of rotatable bonds is 4.